The molecule has 4 atom stereocenters. The van der Waals surface area contributed by atoms with Gasteiger partial charge in [-0.15, -0.1) is 0 Å². The molecule has 0 spiro atoms. The molecule has 11 nitrogen and oxygen atoms in total. The maximum absolute atomic E-state index is 14.4. The van der Waals surface area contributed by atoms with Crippen molar-refractivity contribution in [3.05, 3.63) is 131 Å². The Morgan fingerprint density at radius 3 is 1.78 bits per heavy atom. The molecular formula is C49H60N4O7. The van der Waals surface area contributed by atoms with E-state index in [1.54, 1.807) is 13.8 Å². The van der Waals surface area contributed by atoms with Crippen molar-refractivity contribution in [1.82, 2.24) is 21.3 Å². The number of hydrogen-bond acceptors (Lipinski definition) is 7. The highest BCUT2D eigenvalue weighted by Gasteiger charge is 2.38. The van der Waals surface area contributed by atoms with Crippen LogP contribution in [0.5, 0.6) is 0 Å². The van der Waals surface area contributed by atoms with E-state index in [1.165, 1.54) is 0 Å². The van der Waals surface area contributed by atoms with E-state index in [2.05, 4.69) is 33.4 Å². The molecule has 0 aromatic heterocycles. The van der Waals surface area contributed by atoms with Crippen molar-refractivity contribution >= 4 is 29.8 Å². The second-order valence-electron chi connectivity index (χ2n) is 17.5. The smallest absolute Gasteiger partial charge is 0.407 e. The fourth-order valence-corrected chi connectivity index (χ4v) is 7.52. The lowest BCUT2D eigenvalue weighted by Crippen LogP contribution is -2.61. The van der Waals surface area contributed by atoms with Gasteiger partial charge in [0.2, 0.25) is 17.7 Å². The molecule has 0 radical (unpaired) electrons. The third kappa shape index (κ3) is 11.8. The van der Waals surface area contributed by atoms with Crippen LogP contribution in [-0.2, 0) is 41.7 Å². The molecule has 318 valence electrons. The van der Waals surface area contributed by atoms with Gasteiger partial charge >= 0.3 is 12.1 Å². The van der Waals surface area contributed by atoms with Crippen molar-refractivity contribution in [2.45, 2.75) is 105 Å². The Morgan fingerprint density at radius 2 is 1.20 bits per heavy atom. The van der Waals surface area contributed by atoms with Crippen molar-refractivity contribution in [3.63, 3.8) is 0 Å². The third-order valence-corrected chi connectivity index (χ3v) is 10.8. The summed E-state index contributed by atoms with van der Waals surface area (Å²) in [5.41, 5.74) is 6.07. The summed E-state index contributed by atoms with van der Waals surface area (Å²) < 4.78 is 11.4. The summed E-state index contributed by atoms with van der Waals surface area (Å²) in [5, 5.41) is 11.4. The number of rotatable bonds is 17. The van der Waals surface area contributed by atoms with Crippen LogP contribution in [0, 0.1) is 24.2 Å². The Labute approximate surface area is 354 Å². The number of carbonyl (C=O) groups is 5. The van der Waals surface area contributed by atoms with Crippen LogP contribution in [0.2, 0.25) is 0 Å². The molecule has 4 aromatic rings. The lowest BCUT2D eigenvalue weighted by molar-refractivity contribution is -0.150. The van der Waals surface area contributed by atoms with Crippen molar-refractivity contribution < 1.29 is 33.4 Å². The van der Waals surface area contributed by atoms with Crippen LogP contribution in [0.1, 0.15) is 88.6 Å². The Balaban J connectivity index is 1.30. The first kappa shape index (κ1) is 45.1. The normalized spacial score (nSPS) is 14.2. The number of amides is 4. The predicted octanol–water partition coefficient (Wildman–Crippen LogP) is 7.39. The summed E-state index contributed by atoms with van der Waals surface area (Å²) >= 11 is 0. The van der Waals surface area contributed by atoms with E-state index in [0.717, 1.165) is 38.9 Å². The van der Waals surface area contributed by atoms with Crippen molar-refractivity contribution in [1.29, 1.82) is 0 Å². The van der Waals surface area contributed by atoms with Gasteiger partial charge in [0.25, 0.3) is 0 Å². The molecule has 0 fully saturated rings. The fraction of sp³-hybridized carbons (Fsp3) is 0.408. The maximum atomic E-state index is 14.4. The average molecular weight is 817 g/mol. The monoisotopic (exact) mass is 816 g/mol. The molecule has 4 amide bonds. The molecule has 1 aliphatic carbocycles. The van der Waals surface area contributed by atoms with E-state index in [1.807, 2.05) is 133 Å². The standard InChI is InChI=1S/C49H60N4O7/c1-30(2)26-41(47(57)59-28-33-19-10-9-11-20-33)51-46(56)43(49(6,7)8)53-44(54)40(27-34-21-13-12-18-32(34)5)50-45(55)42(31(3)4)52-48(58)60-29-39-37-24-16-14-22-35(37)36-23-15-17-25-38(36)39/h9-25,30-31,39-43H,26-29H2,1-8H3,(H,50,55)(H,51,56)(H,52,58)(H,53,54)/t40-,41-,42-,43+/m0/s1. The van der Waals surface area contributed by atoms with E-state index >= 15 is 0 Å². The summed E-state index contributed by atoms with van der Waals surface area (Å²) in [7, 11) is 0. The number of nitrogens with one attached hydrogen (secondary N) is 4. The number of benzene rings is 4. The van der Waals surface area contributed by atoms with Crippen LogP contribution in [0.25, 0.3) is 11.1 Å². The average Bonchev–Trinajstić information content (AvgIpc) is 3.53. The predicted molar refractivity (Wildman–Crippen MR) is 233 cm³/mol. The van der Waals surface area contributed by atoms with Gasteiger partial charge in [0.15, 0.2) is 0 Å². The van der Waals surface area contributed by atoms with Crippen LogP contribution in [0.15, 0.2) is 103 Å². The highest BCUT2D eigenvalue weighted by molar-refractivity contribution is 5.95. The SMILES string of the molecule is Cc1ccccc1C[C@H](NC(=O)[C@@H](NC(=O)OCC1c2ccccc2-c2ccccc21)C(C)C)C(=O)N[C@H](C(=O)N[C@@H](CC(C)C)C(=O)OCc1ccccc1)C(C)(C)C. The van der Waals surface area contributed by atoms with Gasteiger partial charge in [0.05, 0.1) is 0 Å². The molecule has 0 unspecified atom stereocenters. The Kier molecular flexibility index (Phi) is 15.3. The van der Waals surface area contributed by atoms with Gasteiger partial charge in [0, 0.05) is 12.3 Å². The van der Waals surface area contributed by atoms with Gasteiger partial charge < -0.3 is 30.7 Å². The van der Waals surface area contributed by atoms with Gasteiger partial charge in [-0.25, -0.2) is 9.59 Å². The second-order valence-corrected chi connectivity index (χ2v) is 17.5. The van der Waals surface area contributed by atoms with E-state index in [0.29, 0.717) is 6.42 Å². The van der Waals surface area contributed by atoms with Crippen LogP contribution in [0.4, 0.5) is 4.79 Å². The Hall–Kier alpha value is -5.97. The fourth-order valence-electron chi connectivity index (χ4n) is 7.52. The molecule has 0 heterocycles. The highest BCUT2D eigenvalue weighted by Crippen LogP contribution is 2.44. The minimum Gasteiger partial charge on any atom is -0.459 e. The van der Waals surface area contributed by atoms with E-state index in [9.17, 15) is 24.0 Å². The maximum Gasteiger partial charge on any atom is 0.407 e. The number of ether oxygens (including phenoxy) is 2. The lowest BCUT2D eigenvalue weighted by atomic mass is 9.85. The first-order valence-corrected chi connectivity index (χ1v) is 20.8. The quantitative estimate of drug-likeness (QED) is 0.0812. The molecule has 4 N–H and O–H groups in total. The third-order valence-electron chi connectivity index (χ3n) is 10.8. The molecule has 5 rings (SSSR count). The Bertz CT molecular complexity index is 2080. The van der Waals surface area contributed by atoms with Gasteiger partial charge in [0.1, 0.15) is 37.4 Å². The first-order chi connectivity index (χ1) is 28.5. The summed E-state index contributed by atoms with van der Waals surface area (Å²) in [6.45, 7) is 14.9. The van der Waals surface area contributed by atoms with Crippen LogP contribution in [-0.4, -0.2) is 60.6 Å². The second kappa shape index (κ2) is 20.3. The molecule has 11 heteroatoms. The molecule has 0 aliphatic heterocycles. The van der Waals surface area contributed by atoms with Crippen molar-refractivity contribution in [2.75, 3.05) is 6.61 Å². The summed E-state index contributed by atoms with van der Waals surface area (Å²) in [6.07, 6.45) is -0.322. The van der Waals surface area contributed by atoms with E-state index < -0.39 is 59.4 Å². The van der Waals surface area contributed by atoms with Crippen LogP contribution >= 0.6 is 0 Å². The van der Waals surface area contributed by atoms with Crippen molar-refractivity contribution in [2.24, 2.45) is 17.3 Å². The van der Waals surface area contributed by atoms with Crippen molar-refractivity contribution in [3.8, 4) is 11.1 Å². The Morgan fingerprint density at radius 1 is 0.633 bits per heavy atom. The number of alkyl carbamates (subject to hydrolysis) is 1. The zero-order valence-corrected chi connectivity index (χ0v) is 36.0. The summed E-state index contributed by atoms with van der Waals surface area (Å²) in [4.78, 5) is 69.3. The number of fused-ring (bicyclic) bond motifs is 3. The van der Waals surface area contributed by atoms with Gasteiger partial charge in [-0.3, -0.25) is 14.4 Å². The van der Waals surface area contributed by atoms with Gasteiger partial charge in [-0.1, -0.05) is 152 Å². The van der Waals surface area contributed by atoms with Crippen LogP contribution < -0.4 is 21.3 Å². The molecule has 60 heavy (non-hydrogen) atoms. The molecule has 0 bridgehead atoms. The lowest BCUT2D eigenvalue weighted by Gasteiger charge is -2.33. The zero-order valence-electron chi connectivity index (χ0n) is 36.0. The zero-order chi connectivity index (χ0) is 43.6. The van der Waals surface area contributed by atoms with Crippen LogP contribution in [0.3, 0.4) is 0 Å². The summed E-state index contributed by atoms with van der Waals surface area (Å²) in [5.74, 6) is -2.80. The molecule has 4 aromatic carbocycles. The molecule has 0 saturated heterocycles. The first-order valence-electron chi connectivity index (χ1n) is 20.8. The number of carbonyl (C=O) groups excluding carboxylic acids is 5. The number of esters is 1. The number of aryl methyl sites for hydroxylation is 1. The molecule has 1 aliphatic rings. The highest BCUT2D eigenvalue weighted by atomic mass is 16.5. The minimum absolute atomic E-state index is 0.0481. The molecule has 0 saturated carbocycles. The van der Waals surface area contributed by atoms with Gasteiger partial charge in [-0.2, -0.15) is 0 Å². The van der Waals surface area contributed by atoms with E-state index in [-0.39, 0.29) is 37.4 Å². The minimum atomic E-state index is -1.14. The molecular weight excluding hydrogens is 757 g/mol. The van der Waals surface area contributed by atoms with Gasteiger partial charge in [-0.05, 0) is 69.5 Å². The largest absolute Gasteiger partial charge is 0.459 e. The summed E-state index contributed by atoms with van der Waals surface area (Å²) in [6, 6.07) is 28.6. The number of hydrogen-bond donors (Lipinski definition) is 4. The topological polar surface area (TPSA) is 152 Å². The van der Waals surface area contributed by atoms with E-state index in [4.69, 9.17) is 9.47 Å².